The van der Waals surface area contributed by atoms with Crippen LogP contribution < -0.4 is 4.74 Å². The van der Waals surface area contributed by atoms with Gasteiger partial charge in [0.1, 0.15) is 10.4 Å². The van der Waals surface area contributed by atoms with Crippen molar-refractivity contribution in [1.82, 2.24) is 14.0 Å². The van der Waals surface area contributed by atoms with E-state index < -0.39 is 5.97 Å². The van der Waals surface area contributed by atoms with E-state index in [1.165, 1.54) is 0 Å². The van der Waals surface area contributed by atoms with E-state index >= 15 is 0 Å². The Morgan fingerprint density at radius 2 is 2.21 bits per heavy atom. The third-order valence-electron chi connectivity index (χ3n) is 3.07. The molecular formula is C12H10BrN3O3. The Bertz CT molecular complexity index is 819. The number of fused-ring (bicyclic) bond motifs is 3. The third-order valence-corrected chi connectivity index (χ3v) is 3.80. The first kappa shape index (κ1) is 12.0. The molecule has 2 heterocycles. The maximum absolute atomic E-state index is 11.2. The number of carboxylic acids is 1. The Kier molecular flexibility index (Phi) is 2.53. The Labute approximate surface area is 116 Å². The van der Waals surface area contributed by atoms with E-state index in [1.54, 1.807) is 23.1 Å². The van der Waals surface area contributed by atoms with Crippen LogP contribution in [0.15, 0.2) is 22.8 Å². The second-order valence-electron chi connectivity index (χ2n) is 4.11. The Morgan fingerprint density at radius 3 is 2.84 bits per heavy atom. The number of benzene rings is 1. The lowest BCUT2D eigenvalue weighted by Gasteiger charge is -1.99. The predicted molar refractivity (Wildman–Crippen MR) is 72.9 cm³/mol. The van der Waals surface area contributed by atoms with Crippen molar-refractivity contribution < 1.29 is 14.6 Å². The first-order valence-electron chi connectivity index (χ1n) is 5.48. The van der Waals surface area contributed by atoms with Crippen molar-refractivity contribution in [3.63, 3.8) is 0 Å². The van der Waals surface area contributed by atoms with E-state index in [0.29, 0.717) is 16.1 Å². The summed E-state index contributed by atoms with van der Waals surface area (Å²) in [6.07, 6.45) is 0. The summed E-state index contributed by atoms with van der Waals surface area (Å²) in [4.78, 5) is 15.7. The number of rotatable bonds is 2. The van der Waals surface area contributed by atoms with Crippen LogP contribution in [0.3, 0.4) is 0 Å². The SMILES string of the molecule is COc1ccc2c(c1)nc1n(C)c(C(=O)O)c(Br)n21. The number of ether oxygens (including phenoxy) is 1. The summed E-state index contributed by atoms with van der Waals surface area (Å²) < 4.78 is 8.94. The fourth-order valence-corrected chi connectivity index (χ4v) is 2.95. The zero-order valence-electron chi connectivity index (χ0n) is 10.2. The number of methoxy groups -OCH3 is 1. The number of aromatic nitrogens is 3. The summed E-state index contributed by atoms with van der Waals surface area (Å²) in [5.74, 6) is 0.277. The lowest BCUT2D eigenvalue weighted by atomic mass is 10.3. The van der Waals surface area contributed by atoms with Gasteiger partial charge >= 0.3 is 5.97 Å². The molecule has 1 N–H and O–H groups in total. The van der Waals surface area contributed by atoms with Gasteiger partial charge in [-0.1, -0.05) is 0 Å². The van der Waals surface area contributed by atoms with E-state index in [4.69, 9.17) is 4.74 Å². The van der Waals surface area contributed by atoms with E-state index in [9.17, 15) is 9.90 Å². The number of aryl methyl sites for hydroxylation is 1. The Morgan fingerprint density at radius 1 is 1.47 bits per heavy atom. The highest BCUT2D eigenvalue weighted by molar-refractivity contribution is 9.10. The topological polar surface area (TPSA) is 68.8 Å². The molecule has 0 saturated carbocycles. The zero-order chi connectivity index (χ0) is 13.7. The quantitative estimate of drug-likeness (QED) is 0.785. The van der Waals surface area contributed by atoms with Crippen molar-refractivity contribution in [3.8, 4) is 5.75 Å². The number of imidazole rings is 2. The number of nitrogens with zero attached hydrogens (tertiary/aromatic N) is 3. The van der Waals surface area contributed by atoms with Crippen LogP contribution in [0.5, 0.6) is 5.75 Å². The molecule has 0 aliphatic heterocycles. The highest BCUT2D eigenvalue weighted by Crippen LogP contribution is 2.28. The summed E-state index contributed by atoms with van der Waals surface area (Å²) >= 11 is 3.33. The van der Waals surface area contributed by atoms with Gasteiger partial charge in [-0.15, -0.1) is 0 Å². The van der Waals surface area contributed by atoms with Crippen LogP contribution in [0.1, 0.15) is 10.5 Å². The van der Waals surface area contributed by atoms with Crippen molar-refractivity contribution in [1.29, 1.82) is 0 Å². The second-order valence-corrected chi connectivity index (χ2v) is 4.86. The fraction of sp³-hybridized carbons (Fsp3) is 0.167. The van der Waals surface area contributed by atoms with Crippen LogP contribution in [-0.4, -0.2) is 32.1 Å². The molecule has 0 atom stereocenters. The van der Waals surface area contributed by atoms with E-state index in [1.807, 2.05) is 18.2 Å². The second kappa shape index (κ2) is 3.99. The van der Waals surface area contributed by atoms with Crippen LogP contribution in [0.2, 0.25) is 0 Å². The number of hydrogen-bond donors (Lipinski definition) is 1. The van der Waals surface area contributed by atoms with Crippen molar-refractivity contribution in [2.24, 2.45) is 7.05 Å². The van der Waals surface area contributed by atoms with Gasteiger partial charge in [0.15, 0.2) is 5.69 Å². The molecule has 6 nitrogen and oxygen atoms in total. The smallest absolute Gasteiger partial charge is 0.355 e. The summed E-state index contributed by atoms with van der Waals surface area (Å²) in [7, 11) is 3.27. The standard InChI is InChI=1S/C12H10BrN3O3/c1-15-9(11(17)18)10(13)16-8-4-3-6(19-2)5-7(8)14-12(15)16/h3-5H,1-2H3,(H,17,18). The van der Waals surface area contributed by atoms with Gasteiger partial charge in [-0.25, -0.2) is 9.78 Å². The van der Waals surface area contributed by atoms with E-state index in [-0.39, 0.29) is 5.69 Å². The summed E-state index contributed by atoms with van der Waals surface area (Å²) in [6.45, 7) is 0. The maximum atomic E-state index is 11.2. The van der Waals surface area contributed by atoms with Gasteiger partial charge < -0.3 is 14.4 Å². The number of halogens is 1. The molecule has 2 aromatic heterocycles. The monoisotopic (exact) mass is 323 g/mol. The highest BCUT2D eigenvalue weighted by Gasteiger charge is 2.22. The molecule has 0 unspecified atom stereocenters. The summed E-state index contributed by atoms with van der Waals surface area (Å²) in [5.41, 5.74) is 1.74. The van der Waals surface area contributed by atoms with Crippen molar-refractivity contribution in [3.05, 3.63) is 28.5 Å². The molecule has 1 aromatic carbocycles. The molecule has 3 aromatic rings. The minimum Gasteiger partial charge on any atom is -0.497 e. The number of aromatic carboxylic acids is 1. The number of carbonyl (C=O) groups is 1. The van der Waals surface area contributed by atoms with Gasteiger partial charge in [0.25, 0.3) is 0 Å². The van der Waals surface area contributed by atoms with Gasteiger partial charge in [-0.2, -0.15) is 0 Å². The molecule has 0 aliphatic carbocycles. The van der Waals surface area contributed by atoms with Crippen LogP contribution in [-0.2, 0) is 7.05 Å². The first-order chi connectivity index (χ1) is 9.04. The van der Waals surface area contributed by atoms with Gasteiger partial charge in [0.05, 0.1) is 18.1 Å². The largest absolute Gasteiger partial charge is 0.497 e. The molecule has 0 aliphatic rings. The average Bonchev–Trinajstić information content (AvgIpc) is 2.85. The van der Waals surface area contributed by atoms with Crippen LogP contribution >= 0.6 is 15.9 Å². The fourth-order valence-electron chi connectivity index (χ4n) is 2.17. The van der Waals surface area contributed by atoms with E-state index in [2.05, 4.69) is 20.9 Å². The van der Waals surface area contributed by atoms with Gasteiger partial charge in [-0.3, -0.25) is 4.40 Å². The highest BCUT2D eigenvalue weighted by atomic mass is 79.9. The van der Waals surface area contributed by atoms with Crippen LogP contribution in [0, 0.1) is 0 Å². The van der Waals surface area contributed by atoms with Gasteiger partial charge in [-0.05, 0) is 28.1 Å². The minimum absolute atomic E-state index is 0.167. The van der Waals surface area contributed by atoms with Gasteiger partial charge in [0.2, 0.25) is 5.78 Å². The lowest BCUT2D eigenvalue weighted by molar-refractivity contribution is 0.0685. The van der Waals surface area contributed by atoms with Crippen molar-refractivity contribution in [2.75, 3.05) is 7.11 Å². The molecule has 0 amide bonds. The normalized spacial score (nSPS) is 11.3. The molecule has 98 valence electrons. The van der Waals surface area contributed by atoms with E-state index in [0.717, 1.165) is 11.0 Å². The third kappa shape index (κ3) is 1.54. The summed E-state index contributed by atoms with van der Waals surface area (Å²) in [5, 5.41) is 9.21. The van der Waals surface area contributed by atoms with Crippen LogP contribution in [0.25, 0.3) is 16.8 Å². The number of hydrogen-bond acceptors (Lipinski definition) is 3. The molecule has 3 rings (SSSR count). The minimum atomic E-state index is -0.999. The molecule has 7 heteroatoms. The summed E-state index contributed by atoms with van der Waals surface area (Å²) in [6, 6.07) is 5.48. The maximum Gasteiger partial charge on any atom is 0.355 e. The number of carboxylic acid groups (broad SMARTS) is 1. The van der Waals surface area contributed by atoms with Crippen molar-refractivity contribution in [2.45, 2.75) is 0 Å². The first-order valence-corrected chi connectivity index (χ1v) is 6.27. The molecule has 0 fully saturated rings. The van der Waals surface area contributed by atoms with Crippen LogP contribution in [0.4, 0.5) is 0 Å². The van der Waals surface area contributed by atoms with Gasteiger partial charge in [0, 0.05) is 13.1 Å². The predicted octanol–water partition coefficient (Wildman–Crippen LogP) is 2.30. The molecule has 0 radical (unpaired) electrons. The van der Waals surface area contributed by atoms with Crippen molar-refractivity contribution >= 4 is 38.7 Å². The molecule has 0 spiro atoms. The Balaban J connectivity index is 2.44. The molecule has 0 saturated heterocycles. The lowest BCUT2D eigenvalue weighted by Crippen LogP contribution is -2.05. The molecule has 19 heavy (non-hydrogen) atoms. The Hall–Kier alpha value is -2.02. The molecular weight excluding hydrogens is 314 g/mol. The average molecular weight is 324 g/mol. The molecule has 0 bridgehead atoms. The zero-order valence-corrected chi connectivity index (χ0v) is 11.8.